The van der Waals surface area contributed by atoms with Crippen molar-refractivity contribution in [3.8, 4) is 5.75 Å². The zero-order valence-corrected chi connectivity index (χ0v) is 18.6. The lowest BCUT2D eigenvalue weighted by atomic mass is 9.99. The van der Waals surface area contributed by atoms with Gasteiger partial charge in [-0.05, 0) is 22.0 Å². The molecule has 172 valence electrons. The van der Waals surface area contributed by atoms with Crippen molar-refractivity contribution < 1.29 is 29.3 Å². The smallest absolute Gasteiger partial charge is 0.307 e. The zero-order chi connectivity index (χ0) is 24.3. The number of nitro benzene ring substituents is 2. The summed E-state index contributed by atoms with van der Waals surface area (Å²) in [4.78, 5) is 46.3. The molecule has 33 heavy (non-hydrogen) atoms. The number of carbonyl (C=O) groups excluding carboxylic acids is 2. The van der Waals surface area contributed by atoms with Gasteiger partial charge in [-0.3, -0.25) is 29.8 Å². The maximum atomic E-state index is 12.4. The molecule has 14 heteroatoms. The standard InChI is InChI=1S/C19H16BrN5O8/c1-33-18(28)3-5-23-4-2-16(26)11-8-13(17(27)9-14(11)23)21-22-19-12(20)6-10(24(29)30)7-15(19)25(31)32/h6-9,27H,2-5H2,1H3/b22-21+. The van der Waals surface area contributed by atoms with E-state index in [9.17, 15) is 34.9 Å². The number of anilines is 1. The molecule has 1 aliphatic heterocycles. The molecule has 1 N–H and O–H groups in total. The number of ether oxygens (including phenoxy) is 1. The van der Waals surface area contributed by atoms with Crippen LogP contribution >= 0.6 is 15.9 Å². The topological polar surface area (TPSA) is 178 Å². The molecule has 0 radical (unpaired) electrons. The van der Waals surface area contributed by atoms with Gasteiger partial charge in [-0.1, -0.05) is 0 Å². The minimum Gasteiger partial charge on any atom is -0.506 e. The summed E-state index contributed by atoms with van der Waals surface area (Å²) < 4.78 is 4.58. The summed E-state index contributed by atoms with van der Waals surface area (Å²) in [6, 6.07) is 4.38. The molecule has 0 spiro atoms. The van der Waals surface area contributed by atoms with Crippen LogP contribution in [0.15, 0.2) is 39.0 Å². The molecule has 0 unspecified atom stereocenters. The summed E-state index contributed by atoms with van der Waals surface area (Å²) >= 11 is 3.02. The number of non-ortho nitro benzene ring substituents is 1. The number of benzene rings is 2. The number of azo groups is 1. The van der Waals surface area contributed by atoms with Crippen LogP contribution in [0.3, 0.4) is 0 Å². The van der Waals surface area contributed by atoms with Gasteiger partial charge in [0.15, 0.2) is 11.5 Å². The van der Waals surface area contributed by atoms with Crippen LogP contribution in [0.25, 0.3) is 0 Å². The van der Waals surface area contributed by atoms with E-state index in [4.69, 9.17) is 0 Å². The maximum absolute atomic E-state index is 12.4. The Labute approximate surface area is 194 Å². The van der Waals surface area contributed by atoms with E-state index in [1.165, 1.54) is 19.2 Å². The third-order valence-corrected chi connectivity index (χ3v) is 5.45. The monoisotopic (exact) mass is 521 g/mol. The summed E-state index contributed by atoms with van der Waals surface area (Å²) in [5.74, 6) is -0.979. The molecule has 0 saturated heterocycles. The second-order valence-corrected chi connectivity index (χ2v) is 7.71. The van der Waals surface area contributed by atoms with Crippen LogP contribution in [0, 0.1) is 20.2 Å². The predicted octanol–water partition coefficient (Wildman–Crippen LogP) is 4.34. The maximum Gasteiger partial charge on any atom is 0.307 e. The van der Waals surface area contributed by atoms with Gasteiger partial charge in [-0.25, -0.2) is 0 Å². The molecule has 0 atom stereocenters. The van der Waals surface area contributed by atoms with Crippen LogP contribution in [-0.2, 0) is 9.53 Å². The van der Waals surface area contributed by atoms with Crippen LogP contribution in [0.1, 0.15) is 23.2 Å². The fraction of sp³-hybridized carbons (Fsp3) is 0.263. The molecule has 2 aromatic rings. The normalized spacial score (nSPS) is 13.2. The van der Waals surface area contributed by atoms with Crippen molar-refractivity contribution in [3.05, 3.63) is 54.5 Å². The number of carbonyl (C=O) groups is 2. The first-order chi connectivity index (χ1) is 15.6. The minimum absolute atomic E-state index is 0.0466. The Morgan fingerprint density at radius 3 is 2.58 bits per heavy atom. The molecule has 3 rings (SSSR count). The molecule has 0 saturated carbocycles. The second kappa shape index (κ2) is 9.68. The fourth-order valence-corrected chi connectivity index (χ4v) is 3.72. The van der Waals surface area contributed by atoms with Crippen molar-refractivity contribution >= 4 is 56.1 Å². The Kier molecular flexibility index (Phi) is 6.96. The van der Waals surface area contributed by atoms with Crippen molar-refractivity contribution in [3.63, 3.8) is 0 Å². The first-order valence-corrected chi connectivity index (χ1v) is 10.2. The number of nitro groups is 2. The molecule has 0 fully saturated rings. The Morgan fingerprint density at radius 2 is 1.94 bits per heavy atom. The molecule has 0 aliphatic carbocycles. The van der Waals surface area contributed by atoms with Crippen LogP contribution in [-0.4, -0.2) is 46.9 Å². The van der Waals surface area contributed by atoms with Crippen LogP contribution in [0.4, 0.5) is 28.4 Å². The highest BCUT2D eigenvalue weighted by Gasteiger charge is 2.27. The fourth-order valence-electron chi connectivity index (χ4n) is 3.20. The van der Waals surface area contributed by atoms with E-state index in [0.29, 0.717) is 12.2 Å². The van der Waals surface area contributed by atoms with Gasteiger partial charge in [-0.2, -0.15) is 0 Å². The summed E-state index contributed by atoms with van der Waals surface area (Å²) in [5.41, 5.74) is -0.946. The number of phenols is 1. The number of aromatic hydroxyl groups is 1. The van der Waals surface area contributed by atoms with Crippen LogP contribution in [0.5, 0.6) is 5.75 Å². The van der Waals surface area contributed by atoms with E-state index in [-0.39, 0.29) is 52.3 Å². The van der Waals surface area contributed by atoms with Crippen molar-refractivity contribution in [2.75, 3.05) is 25.1 Å². The van der Waals surface area contributed by atoms with E-state index in [1.807, 2.05) is 0 Å². The van der Waals surface area contributed by atoms with Gasteiger partial charge in [0, 0.05) is 37.2 Å². The van der Waals surface area contributed by atoms with Gasteiger partial charge in [-0.15, -0.1) is 10.2 Å². The summed E-state index contributed by atoms with van der Waals surface area (Å²) in [7, 11) is 1.27. The summed E-state index contributed by atoms with van der Waals surface area (Å²) in [5, 5.41) is 40.4. The Morgan fingerprint density at radius 1 is 1.21 bits per heavy atom. The Bertz CT molecular complexity index is 1200. The molecule has 1 aliphatic rings. The number of nitrogens with zero attached hydrogens (tertiary/aromatic N) is 5. The van der Waals surface area contributed by atoms with E-state index < -0.39 is 27.2 Å². The lowest BCUT2D eigenvalue weighted by Gasteiger charge is -2.30. The number of methoxy groups -OCH3 is 1. The Hall–Kier alpha value is -3.94. The highest BCUT2D eigenvalue weighted by Crippen LogP contribution is 2.42. The second-order valence-electron chi connectivity index (χ2n) is 6.85. The number of hydrogen-bond acceptors (Lipinski definition) is 11. The number of esters is 1. The average Bonchev–Trinajstić information content (AvgIpc) is 2.77. The number of hydrogen-bond donors (Lipinski definition) is 1. The quantitative estimate of drug-likeness (QED) is 0.240. The lowest BCUT2D eigenvalue weighted by Crippen LogP contribution is -2.33. The molecule has 13 nitrogen and oxygen atoms in total. The zero-order valence-electron chi connectivity index (χ0n) is 17.1. The van der Waals surface area contributed by atoms with Gasteiger partial charge in [0.2, 0.25) is 0 Å². The number of phenolic OH excluding ortho intramolecular Hbond substituents is 1. The highest BCUT2D eigenvalue weighted by atomic mass is 79.9. The van der Waals surface area contributed by atoms with Crippen molar-refractivity contribution in [1.29, 1.82) is 0 Å². The third-order valence-electron chi connectivity index (χ3n) is 4.85. The molecule has 1 heterocycles. The molecule has 0 amide bonds. The van der Waals surface area contributed by atoms with Gasteiger partial charge in [0.25, 0.3) is 5.69 Å². The average molecular weight is 522 g/mol. The van der Waals surface area contributed by atoms with Gasteiger partial charge in [0.05, 0.1) is 39.6 Å². The summed E-state index contributed by atoms with van der Waals surface area (Å²) in [6.45, 7) is 0.625. The summed E-state index contributed by atoms with van der Waals surface area (Å²) in [6.07, 6.45) is 0.263. The molecule has 2 aromatic carbocycles. The van der Waals surface area contributed by atoms with Gasteiger partial charge in [0.1, 0.15) is 11.4 Å². The van der Waals surface area contributed by atoms with Crippen molar-refractivity contribution in [2.24, 2.45) is 10.2 Å². The van der Waals surface area contributed by atoms with Crippen molar-refractivity contribution in [2.45, 2.75) is 12.8 Å². The number of rotatable bonds is 7. The van der Waals surface area contributed by atoms with E-state index in [1.54, 1.807) is 4.90 Å². The minimum atomic E-state index is -0.846. The number of Topliss-reactive ketones (excluding diaryl/α,β-unsaturated/α-hetero) is 1. The van der Waals surface area contributed by atoms with E-state index in [2.05, 4.69) is 30.9 Å². The number of fused-ring (bicyclic) bond motifs is 1. The highest BCUT2D eigenvalue weighted by molar-refractivity contribution is 9.10. The number of ketones is 1. The Balaban J connectivity index is 1.99. The number of halogens is 1. The first kappa shape index (κ1) is 23.7. The molecule has 0 bridgehead atoms. The predicted molar refractivity (Wildman–Crippen MR) is 118 cm³/mol. The molecular weight excluding hydrogens is 506 g/mol. The van der Waals surface area contributed by atoms with E-state index >= 15 is 0 Å². The largest absolute Gasteiger partial charge is 0.506 e. The van der Waals surface area contributed by atoms with Crippen LogP contribution < -0.4 is 4.90 Å². The molecular formula is C19H16BrN5O8. The molecule has 0 aromatic heterocycles. The lowest BCUT2D eigenvalue weighted by molar-refractivity contribution is -0.393. The SMILES string of the molecule is COC(=O)CCN1CCC(=O)c2cc(/N=N/c3c(Br)cc([N+](=O)[O-])cc3[N+](=O)[O-])c(O)cc21. The van der Waals surface area contributed by atoms with Gasteiger partial charge < -0.3 is 14.7 Å². The van der Waals surface area contributed by atoms with Gasteiger partial charge >= 0.3 is 11.7 Å². The van der Waals surface area contributed by atoms with Crippen LogP contribution in [0.2, 0.25) is 0 Å². The van der Waals surface area contributed by atoms with Crippen molar-refractivity contribution in [1.82, 2.24) is 0 Å². The first-order valence-electron chi connectivity index (χ1n) is 9.38. The third kappa shape index (κ3) is 5.11. The van der Waals surface area contributed by atoms with E-state index in [0.717, 1.165) is 12.1 Å².